The first-order valence-corrected chi connectivity index (χ1v) is 13.9. The minimum atomic E-state index is -0.682. The van der Waals surface area contributed by atoms with Crippen molar-refractivity contribution in [3.8, 4) is 17.4 Å². The number of carbonyl (C=O) groups excluding carboxylic acids is 2. The molecule has 4 heterocycles. The van der Waals surface area contributed by atoms with E-state index in [0.717, 1.165) is 39.0 Å². The Morgan fingerprint density at radius 3 is 2.87 bits per heavy atom. The summed E-state index contributed by atoms with van der Waals surface area (Å²) in [7, 11) is 0. The lowest BCUT2D eigenvalue weighted by Gasteiger charge is -2.43. The third-order valence-electron chi connectivity index (χ3n) is 8.70. The van der Waals surface area contributed by atoms with E-state index in [2.05, 4.69) is 21.6 Å². The van der Waals surface area contributed by atoms with E-state index in [1.165, 1.54) is 6.07 Å². The summed E-state index contributed by atoms with van der Waals surface area (Å²) in [5, 5.41) is 15.7. The number of piperazine rings is 1. The van der Waals surface area contributed by atoms with E-state index >= 15 is 4.39 Å². The minimum Gasteiger partial charge on any atom is -0.451 e. The molecular weight excluding hydrogens is 501 g/mol. The van der Waals surface area contributed by atoms with Crippen molar-refractivity contribution in [1.82, 2.24) is 20.4 Å². The number of ether oxygens (including phenoxy) is 1. The molecule has 1 saturated carbocycles. The Kier molecular flexibility index (Phi) is 7.38. The number of nitriles is 1. The van der Waals surface area contributed by atoms with Crippen LogP contribution in [0.15, 0.2) is 34.7 Å². The number of hydrogen-bond acceptors (Lipinski definition) is 7. The summed E-state index contributed by atoms with van der Waals surface area (Å²) in [5.74, 6) is 0.271. The largest absolute Gasteiger partial charge is 0.451 e. The smallest absolute Gasteiger partial charge is 0.289 e. The van der Waals surface area contributed by atoms with Crippen LogP contribution in [0, 0.1) is 23.1 Å². The highest BCUT2D eigenvalue weighted by atomic mass is 19.1. The second-order valence-electron chi connectivity index (χ2n) is 11.1. The normalized spacial score (nSPS) is 27.1. The van der Waals surface area contributed by atoms with Gasteiger partial charge in [-0.1, -0.05) is 12.1 Å². The van der Waals surface area contributed by atoms with Gasteiger partial charge in [0.15, 0.2) is 5.76 Å². The predicted octanol–water partition coefficient (Wildman–Crippen LogP) is 2.32. The summed E-state index contributed by atoms with van der Waals surface area (Å²) in [6.45, 7) is 4.30. The maximum atomic E-state index is 15.0. The molecule has 3 saturated heterocycles. The molecule has 2 amide bonds. The molecule has 6 rings (SSSR count). The summed E-state index contributed by atoms with van der Waals surface area (Å²) in [5.41, 5.74) is 0.995. The Labute approximate surface area is 227 Å². The maximum Gasteiger partial charge on any atom is 0.289 e. The number of amides is 2. The number of aryl methyl sites for hydroxylation is 1. The first-order valence-electron chi connectivity index (χ1n) is 13.9. The molecule has 4 aliphatic rings. The third-order valence-corrected chi connectivity index (χ3v) is 8.70. The van der Waals surface area contributed by atoms with Crippen LogP contribution < -0.4 is 10.6 Å². The molecule has 10 heteroatoms. The van der Waals surface area contributed by atoms with Gasteiger partial charge in [-0.15, -0.1) is 0 Å². The zero-order valence-electron chi connectivity index (χ0n) is 21.9. The molecule has 3 aliphatic heterocycles. The highest BCUT2D eigenvalue weighted by Crippen LogP contribution is 2.35. The summed E-state index contributed by atoms with van der Waals surface area (Å²) in [6.07, 6.45) is 3.80. The fourth-order valence-electron chi connectivity index (χ4n) is 6.48. The van der Waals surface area contributed by atoms with Gasteiger partial charge in [0.2, 0.25) is 5.91 Å². The lowest BCUT2D eigenvalue weighted by atomic mass is 9.98. The number of benzene rings is 1. The number of nitrogens with zero attached hydrogens (tertiary/aromatic N) is 3. The van der Waals surface area contributed by atoms with Crippen LogP contribution >= 0.6 is 0 Å². The van der Waals surface area contributed by atoms with Crippen molar-refractivity contribution in [2.45, 2.75) is 56.3 Å². The van der Waals surface area contributed by atoms with Crippen molar-refractivity contribution in [2.24, 2.45) is 5.92 Å². The van der Waals surface area contributed by atoms with E-state index in [1.54, 1.807) is 29.2 Å². The average Bonchev–Trinajstić information content (AvgIpc) is 3.73. The molecule has 2 aromatic rings. The van der Waals surface area contributed by atoms with Crippen LogP contribution in [0.25, 0.3) is 11.3 Å². The number of morpholine rings is 1. The molecule has 9 nitrogen and oxygen atoms in total. The van der Waals surface area contributed by atoms with Crippen molar-refractivity contribution in [1.29, 1.82) is 5.26 Å². The van der Waals surface area contributed by atoms with Gasteiger partial charge in [-0.2, -0.15) is 5.26 Å². The molecule has 5 unspecified atom stereocenters. The van der Waals surface area contributed by atoms with Gasteiger partial charge in [0.25, 0.3) is 5.91 Å². The van der Waals surface area contributed by atoms with Crippen LogP contribution in [0.2, 0.25) is 0 Å². The lowest BCUT2D eigenvalue weighted by molar-refractivity contribution is -0.124. The van der Waals surface area contributed by atoms with Gasteiger partial charge in [-0.05, 0) is 61.8 Å². The van der Waals surface area contributed by atoms with Crippen molar-refractivity contribution in [2.75, 3.05) is 39.4 Å². The predicted molar refractivity (Wildman–Crippen MR) is 140 cm³/mol. The standard InChI is InChI=1S/C29H34FN5O4/c30-24-14-19(25-7-8-26(39-25)29(37)35-10-9-34-11-12-38-17-23(34)16-35)2-1-18(24)3-6-22(15-31)33-28(36)27-20-4-5-21(13-20)32-27/h1-2,7-8,14,20-23,27,32H,3-6,9-13,16-17H2,(H,33,36). The third kappa shape index (κ3) is 5.44. The van der Waals surface area contributed by atoms with Crippen LogP contribution in [-0.4, -0.2) is 85.2 Å². The second-order valence-corrected chi connectivity index (χ2v) is 11.1. The zero-order chi connectivity index (χ0) is 26.9. The first-order chi connectivity index (χ1) is 19.0. The van der Waals surface area contributed by atoms with Gasteiger partial charge in [0.05, 0.1) is 31.4 Å². The Balaban J connectivity index is 1.04. The van der Waals surface area contributed by atoms with Crippen molar-refractivity contribution >= 4 is 11.8 Å². The van der Waals surface area contributed by atoms with Crippen LogP contribution in [0.4, 0.5) is 4.39 Å². The molecule has 206 valence electrons. The summed E-state index contributed by atoms with van der Waals surface area (Å²) in [6, 6.07) is 9.98. The Morgan fingerprint density at radius 2 is 2.10 bits per heavy atom. The molecule has 0 spiro atoms. The molecule has 0 radical (unpaired) electrons. The van der Waals surface area contributed by atoms with E-state index in [-0.39, 0.29) is 29.7 Å². The van der Waals surface area contributed by atoms with Crippen LogP contribution in [0.3, 0.4) is 0 Å². The first kappa shape index (κ1) is 26.0. The lowest BCUT2D eigenvalue weighted by Crippen LogP contribution is -2.59. The topological polar surface area (TPSA) is 111 Å². The number of halogens is 1. The molecule has 2 N–H and O–H groups in total. The van der Waals surface area contributed by atoms with Gasteiger partial charge < -0.3 is 24.7 Å². The number of nitrogens with one attached hydrogen (secondary N) is 2. The molecule has 1 aromatic carbocycles. The van der Waals surface area contributed by atoms with Crippen molar-refractivity contribution in [3.63, 3.8) is 0 Å². The summed E-state index contributed by atoms with van der Waals surface area (Å²) < 4.78 is 26.4. The summed E-state index contributed by atoms with van der Waals surface area (Å²) >= 11 is 0. The molecule has 39 heavy (non-hydrogen) atoms. The van der Waals surface area contributed by atoms with Crippen LogP contribution in [0.5, 0.6) is 0 Å². The monoisotopic (exact) mass is 535 g/mol. The molecule has 1 aromatic heterocycles. The minimum absolute atomic E-state index is 0.137. The highest BCUT2D eigenvalue weighted by molar-refractivity contribution is 5.92. The van der Waals surface area contributed by atoms with E-state index in [4.69, 9.17) is 9.15 Å². The van der Waals surface area contributed by atoms with E-state index in [0.29, 0.717) is 61.4 Å². The number of rotatable bonds is 7. The molecule has 1 aliphatic carbocycles. The van der Waals surface area contributed by atoms with Gasteiger partial charge >= 0.3 is 0 Å². The number of furan rings is 1. The molecule has 2 bridgehead atoms. The highest BCUT2D eigenvalue weighted by Gasteiger charge is 2.43. The van der Waals surface area contributed by atoms with Crippen LogP contribution in [-0.2, 0) is 16.0 Å². The zero-order valence-corrected chi connectivity index (χ0v) is 21.9. The van der Waals surface area contributed by atoms with Gasteiger partial charge in [-0.25, -0.2) is 4.39 Å². The fraction of sp³-hybridized carbons (Fsp3) is 0.552. The van der Waals surface area contributed by atoms with Crippen LogP contribution in [0.1, 0.15) is 41.8 Å². The van der Waals surface area contributed by atoms with Gasteiger partial charge in [-0.3, -0.25) is 14.5 Å². The van der Waals surface area contributed by atoms with Gasteiger partial charge in [0, 0.05) is 37.8 Å². The molecule has 5 atom stereocenters. The average molecular weight is 536 g/mol. The van der Waals surface area contributed by atoms with E-state index in [1.807, 2.05) is 0 Å². The quantitative estimate of drug-likeness (QED) is 0.560. The second kappa shape index (κ2) is 11.1. The van der Waals surface area contributed by atoms with Crippen molar-refractivity contribution < 1.29 is 23.1 Å². The Morgan fingerprint density at radius 1 is 1.21 bits per heavy atom. The SMILES string of the molecule is N#CC(CCc1ccc(-c2ccc(C(=O)N3CCN4CCOCC4C3)o2)cc1F)NC(=O)C1NC2CCC1C2. The number of piperidine rings is 1. The maximum absolute atomic E-state index is 15.0. The molecular formula is C29H34FN5O4. The molecule has 4 fully saturated rings. The fourth-order valence-corrected chi connectivity index (χ4v) is 6.48. The summed E-state index contributed by atoms with van der Waals surface area (Å²) in [4.78, 5) is 29.9. The van der Waals surface area contributed by atoms with Crippen molar-refractivity contribution in [3.05, 3.63) is 47.5 Å². The Bertz CT molecular complexity index is 1270. The number of fused-ring (bicyclic) bond motifs is 3. The Hall–Kier alpha value is -3.26. The number of hydrogen-bond donors (Lipinski definition) is 2. The van der Waals surface area contributed by atoms with Gasteiger partial charge in [0.1, 0.15) is 17.6 Å². The van der Waals surface area contributed by atoms with E-state index < -0.39 is 11.9 Å². The number of carbonyl (C=O) groups is 2. The van der Waals surface area contributed by atoms with E-state index in [9.17, 15) is 14.9 Å².